The minimum Gasteiger partial charge on any atom is -0.386 e. The van der Waals surface area contributed by atoms with Gasteiger partial charge in [-0.1, -0.05) is 55.5 Å². The molecule has 0 radical (unpaired) electrons. The highest BCUT2D eigenvalue weighted by molar-refractivity contribution is 5.93. The average molecular weight is 374 g/mol. The summed E-state index contributed by atoms with van der Waals surface area (Å²) in [5.74, 6) is 0.132. The molecule has 0 saturated heterocycles. The van der Waals surface area contributed by atoms with Crippen LogP contribution in [0.3, 0.4) is 0 Å². The lowest BCUT2D eigenvalue weighted by Crippen LogP contribution is -2.42. The molecule has 1 saturated carbocycles. The standard InChI is InChI=1S/C24H26N2O2/c1-2-14-26(17-22(27)20-8-5-13-25-16-20)23(28)24(11-12-24)21-10-9-18-6-3-4-7-19(18)15-21/h3-10,13,15-16,22,27H,2,11-12,14,17H2,1H3. The van der Waals surface area contributed by atoms with Gasteiger partial charge in [-0.3, -0.25) is 9.78 Å². The highest BCUT2D eigenvalue weighted by Crippen LogP contribution is 2.50. The van der Waals surface area contributed by atoms with Crippen molar-refractivity contribution < 1.29 is 9.90 Å². The Balaban J connectivity index is 1.59. The molecule has 3 aromatic rings. The molecule has 1 aromatic heterocycles. The fraction of sp³-hybridized carbons (Fsp3) is 0.333. The monoisotopic (exact) mass is 374 g/mol. The number of rotatable bonds is 7. The molecule has 1 fully saturated rings. The summed E-state index contributed by atoms with van der Waals surface area (Å²) in [6, 6.07) is 18.3. The van der Waals surface area contributed by atoms with Crippen LogP contribution < -0.4 is 0 Å². The topological polar surface area (TPSA) is 53.4 Å². The number of hydrogen-bond acceptors (Lipinski definition) is 3. The Bertz CT molecular complexity index is 967. The zero-order chi connectivity index (χ0) is 19.6. The van der Waals surface area contributed by atoms with Crippen molar-refractivity contribution in [1.82, 2.24) is 9.88 Å². The van der Waals surface area contributed by atoms with E-state index >= 15 is 0 Å². The quantitative estimate of drug-likeness (QED) is 0.673. The largest absolute Gasteiger partial charge is 0.386 e. The second-order valence-electron chi connectivity index (χ2n) is 7.70. The van der Waals surface area contributed by atoms with E-state index in [0.29, 0.717) is 13.1 Å². The number of amides is 1. The molecule has 144 valence electrons. The lowest BCUT2D eigenvalue weighted by molar-refractivity contribution is -0.135. The van der Waals surface area contributed by atoms with Crippen molar-refractivity contribution in [1.29, 1.82) is 0 Å². The number of hydrogen-bond donors (Lipinski definition) is 1. The van der Waals surface area contributed by atoms with Gasteiger partial charge in [0.2, 0.25) is 5.91 Å². The third kappa shape index (κ3) is 3.52. The molecule has 1 amide bonds. The normalized spacial score (nSPS) is 15.9. The van der Waals surface area contributed by atoms with Gasteiger partial charge >= 0.3 is 0 Å². The molecule has 4 nitrogen and oxygen atoms in total. The molecule has 0 aliphatic heterocycles. The van der Waals surface area contributed by atoms with Crippen LogP contribution in [0, 0.1) is 0 Å². The Hall–Kier alpha value is -2.72. The van der Waals surface area contributed by atoms with Gasteiger partial charge in [0, 0.05) is 24.5 Å². The van der Waals surface area contributed by atoms with Crippen LogP contribution in [0.4, 0.5) is 0 Å². The van der Waals surface area contributed by atoms with Gasteiger partial charge in [-0.15, -0.1) is 0 Å². The number of benzene rings is 2. The smallest absolute Gasteiger partial charge is 0.233 e. The maximum absolute atomic E-state index is 13.5. The van der Waals surface area contributed by atoms with Crippen molar-refractivity contribution in [3.8, 4) is 0 Å². The molecule has 4 rings (SSSR count). The second kappa shape index (κ2) is 7.72. The van der Waals surface area contributed by atoms with Crippen molar-refractivity contribution in [2.45, 2.75) is 37.7 Å². The number of nitrogens with zero attached hydrogens (tertiary/aromatic N) is 2. The number of fused-ring (bicyclic) bond motifs is 1. The summed E-state index contributed by atoms with van der Waals surface area (Å²) in [5.41, 5.74) is 1.40. The lowest BCUT2D eigenvalue weighted by Gasteiger charge is -2.29. The first kappa shape index (κ1) is 18.6. The first-order chi connectivity index (χ1) is 13.6. The zero-order valence-corrected chi connectivity index (χ0v) is 16.2. The number of carbonyl (C=O) groups excluding carboxylic acids is 1. The molecule has 1 atom stereocenters. The van der Waals surface area contributed by atoms with Crippen molar-refractivity contribution >= 4 is 16.7 Å². The minimum atomic E-state index is -0.725. The van der Waals surface area contributed by atoms with Crippen LogP contribution in [0.1, 0.15) is 43.4 Å². The molecule has 0 spiro atoms. The number of aliphatic hydroxyl groups excluding tert-OH is 1. The Morgan fingerprint density at radius 2 is 1.93 bits per heavy atom. The van der Waals surface area contributed by atoms with Gasteiger partial charge in [0.25, 0.3) is 0 Å². The predicted molar refractivity (Wildman–Crippen MR) is 111 cm³/mol. The Morgan fingerprint density at radius 3 is 2.61 bits per heavy atom. The van der Waals surface area contributed by atoms with Gasteiger partial charge in [0.1, 0.15) is 0 Å². The predicted octanol–water partition coefficient (Wildman–Crippen LogP) is 4.24. The van der Waals surface area contributed by atoms with Gasteiger partial charge in [-0.05, 0) is 41.7 Å². The van der Waals surface area contributed by atoms with E-state index in [1.807, 2.05) is 29.2 Å². The highest BCUT2D eigenvalue weighted by atomic mass is 16.3. The molecule has 1 N–H and O–H groups in total. The third-order valence-corrected chi connectivity index (χ3v) is 5.70. The van der Waals surface area contributed by atoms with Gasteiger partial charge in [0.05, 0.1) is 18.1 Å². The first-order valence-corrected chi connectivity index (χ1v) is 10.0. The van der Waals surface area contributed by atoms with Crippen molar-refractivity contribution in [3.05, 3.63) is 78.1 Å². The molecule has 1 heterocycles. The van der Waals surface area contributed by atoms with Crippen LogP contribution in [0.15, 0.2) is 67.0 Å². The van der Waals surface area contributed by atoms with E-state index in [1.54, 1.807) is 12.4 Å². The van der Waals surface area contributed by atoms with Crippen LogP contribution in [0.2, 0.25) is 0 Å². The maximum atomic E-state index is 13.5. The van der Waals surface area contributed by atoms with Gasteiger partial charge in [-0.25, -0.2) is 0 Å². The van der Waals surface area contributed by atoms with Crippen LogP contribution >= 0.6 is 0 Å². The van der Waals surface area contributed by atoms with Gasteiger partial charge < -0.3 is 10.0 Å². The number of aliphatic hydroxyl groups is 1. The summed E-state index contributed by atoms with van der Waals surface area (Å²) in [4.78, 5) is 19.4. The number of pyridine rings is 1. The van der Waals surface area contributed by atoms with E-state index in [1.165, 1.54) is 5.39 Å². The van der Waals surface area contributed by atoms with Crippen LogP contribution in [0.5, 0.6) is 0 Å². The fourth-order valence-electron chi connectivity index (χ4n) is 3.97. The molecule has 28 heavy (non-hydrogen) atoms. The Labute approximate surface area is 165 Å². The second-order valence-corrected chi connectivity index (χ2v) is 7.70. The molecule has 1 unspecified atom stereocenters. The molecular weight excluding hydrogens is 348 g/mol. The minimum absolute atomic E-state index is 0.132. The molecular formula is C24H26N2O2. The maximum Gasteiger partial charge on any atom is 0.233 e. The van der Waals surface area contributed by atoms with E-state index in [4.69, 9.17) is 0 Å². The summed E-state index contributed by atoms with van der Waals surface area (Å²) in [7, 11) is 0. The van der Waals surface area contributed by atoms with Gasteiger partial charge in [0.15, 0.2) is 0 Å². The summed E-state index contributed by atoms with van der Waals surface area (Å²) in [5, 5.41) is 13.0. The first-order valence-electron chi connectivity index (χ1n) is 10.0. The van der Waals surface area contributed by atoms with Gasteiger partial charge in [-0.2, -0.15) is 0 Å². The lowest BCUT2D eigenvalue weighted by atomic mass is 9.91. The third-order valence-electron chi connectivity index (χ3n) is 5.70. The van der Waals surface area contributed by atoms with Crippen LogP contribution in [0.25, 0.3) is 10.8 Å². The molecule has 1 aliphatic rings. The summed E-state index contributed by atoms with van der Waals surface area (Å²) >= 11 is 0. The molecule has 2 aromatic carbocycles. The van der Waals surface area contributed by atoms with Crippen LogP contribution in [-0.4, -0.2) is 34.0 Å². The summed E-state index contributed by atoms with van der Waals surface area (Å²) in [6.07, 6.45) is 5.22. The van der Waals surface area contributed by atoms with E-state index in [-0.39, 0.29) is 5.91 Å². The highest BCUT2D eigenvalue weighted by Gasteiger charge is 2.53. The number of carbonyl (C=O) groups is 1. The van der Waals surface area contributed by atoms with E-state index in [2.05, 4.69) is 42.2 Å². The Morgan fingerprint density at radius 1 is 1.14 bits per heavy atom. The summed E-state index contributed by atoms with van der Waals surface area (Å²) < 4.78 is 0. The molecule has 1 aliphatic carbocycles. The van der Waals surface area contributed by atoms with E-state index in [0.717, 1.165) is 35.8 Å². The fourth-order valence-corrected chi connectivity index (χ4v) is 3.97. The zero-order valence-electron chi connectivity index (χ0n) is 16.2. The van der Waals surface area contributed by atoms with E-state index < -0.39 is 11.5 Å². The SMILES string of the molecule is CCCN(CC(O)c1cccnc1)C(=O)C1(c2ccc3ccccc3c2)CC1. The number of aromatic nitrogens is 1. The summed E-state index contributed by atoms with van der Waals surface area (Å²) in [6.45, 7) is 3.01. The molecule has 0 bridgehead atoms. The van der Waals surface area contributed by atoms with Crippen molar-refractivity contribution in [3.63, 3.8) is 0 Å². The van der Waals surface area contributed by atoms with E-state index in [9.17, 15) is 9.90 Å². The van der Waals surface area contributed by atoms with Crippen molar-refractivity contribution in [2.24, 2.45) is 0 Å². The van der Waals surface area contributed by atoms with Crippen LogP contribution in [-0.2, 0) is 10.2 Å². The molecule has 4 heteroatoms. The van der Waals surface area contributed by atoms with Crippen molar-refractivity contribution in [2.75, 3.05) is 13.1 Å². The Kier molecular flexibility index (Phi) is 5.14. The average Bonchev–Trinajstić information content (AvgIpc) is 3.55.